The predicted octanol–water partition coefficient (Wildman–Crippen LogP) is 5.62. The Morgan fingerprint density at radius 2 is 1.59 bits per heavy atom. The topological polar surface area (TPSA) is 107 Å². The van der Waals surface area contributed by atoms with E-state index >= 15 is 0 Å². The van der Waals surface area contributed by atoms with Crippen molar-refractivity contribution in [3.8, 4) is 17.2 Å². The number of benzene rings is 3. The highest BCUT2D eigenvalue weighted by molar-refractivity contribution is 7.99. The normalized spacial score (nSPS) is 11.2. The van der Waals surface area contributed by atoms with Crippen LogP contribution in [0.3, 0.4) is 0 Å². The molecule has 0 bridgehead atoms. The molecule has 4 rings (SSSR count). The van der Waals surface area contributed by atoms with E-state index in [4.69, 9.17) is 21.1 Å². The van der Waals surface area contributed by atoms with Gasteiger partial charge in [0, 0.05) is 11.3 Å². The van der Waals surface area contributed by atoms with Gasteiger partial charge in [0.15, 0.2) is 11.0 Å². The van der Waals surface area contributed by atoms with Crippen LogP contribution in [0.5, 0.6) is 11.5 Å². The summed E-state index contributed by atoms with van der Waals surface area (Å²) in [6.45, 7) is 0.0104. The zero-order valence-electron chi connectivity index (χ0n) is 21.7. The molecule has 41 heavy (non-hydrogen) atoms. The quantitative estimate of drug-likeness (QED) is 0.226. The lowest BCUT2D eigenvalue weighted by Gasteiger charge is -2.13. The summed E-state index contributed by atoms with van der Waals surface area (Å²) in [5.74, 6) is 0.447. The number of methoxy groups -OCH3 is 2. The van der Waals surface area contributed by atoms with Crippen LogP contribution in [0.15, 0.2) is 71.9 Å². The highest BCUT2D eigenvalue weighted by Gasteiger charge is 2.31. The summed E-state index contributed by atoms with van der Waals surface area (Å²) in [7, 11) is 3.06. The number of nitrogens with zero attached hydrogens (tertiary/aromatic N) is 3. The maximum absolute atomic E-state index is 13.1. The highest BCUT2D eigenvalue weighted by Crippen LogP contribution is 2.34. The molecule has 0 radical (unpaired) electrons. The Balaban J connectivity index is 1.51. The second-order valence-electron chi connectivity index (χ2n) is 8.37. The van der Waals surface area contributed by atoms with Crippen molar-refractivity contribution < 1.29 is 32.2 Å². The van der Waals surface area contributed by atoms with E-state index in [-0.39, 0.29) is 28.9 Å². The van der Waals surface area contributed by atoms with Crippen molar-refractivity contribution in [1.82, 2.24) is 20.1 Å². The summed E-state index contributed by atoms with van der Waals surface area (Å²) in [6.07, 6.45) is -4.59. The SMILES string of the molecule is COc1ccc(C(=O)NCc2nnc(SCC(=O)Nc3cc(C(F)(F)F)ccc3Cl)n2-c2ccc(OC)cc2)cc1. The summed E-state index contributed by atoms with van der Waals surface area (Å²) in [5.41, 5.74) is -0.0507. The van der Waals surface area contributed by atoms with Crippen molar-refractivity contribution in [3.63, 3.8) is 0 Å². The Morgan fingerprint density at radius 3 is 2.20 bits per heavy atom. The zero-order valence-corrected chi connectivity index (χ0v) is 23.2. The van der Waals surface area contributed by atoms with Crippen LogP contribution < -0.4 is 20.1 Å². The fraction of sp³-hybridized carbons (Fsp3) is 0.185. The van der Waals surface area contributed by atoms with Crippen LogP contribution in [0.25, 0.3) is 5.69 Å². The lowest BCUT2D eigenvalue weighted by molar-refractivity contribution is -0.137. The second-order valence-corrected chi connectivity index (χ2v) is 9.72. The lowest BCUT2D eigenvalue weighted by Crippen LogP contribution is -2.24. The molecule has 0 aliphatic carbocycles. The van der Waals surface area contributed by atoms with Gasteiger partial charge in [-0.25, -0.2) is 0 Å². The van der Waals surface area contributed by atoms with Crippen molar-refractivity contribution in [2.75, 3.05) is 25.3 Å². The van der Waals surface area contributed by atoms with Crippen LogP contribution >= 0.6 is 23.4 Å². The largest absolute Gasteiger partial charge is 0.497 e. The molecule has 0 atom stereocenters. The summed E-state index contributed by atoms with van der Waals surface area (Å²) in [5, 5.41) is 13.8. The van der Waals surface area contributed by atoms with Gasteiger partial charge in [-0.05, 0) is 66.7 Å². The minimum atomic E-state index is -4.59. The molecule has 214 valence electrons. The third kappa shape index (κ3) is 7.50. The number of halogens is 4. The van der Waals surface area contributed by atoms with Gasteiger partial charge in [-0.1, -0.05) is 23.4 Å². The number of hydrogen-bond donors (Lipinski definition) is 2. The monoisotopic (exact) mass is 605 g/mol. The molecule has 9 nitrogen and oxygen atoms in total. The zero-order chi connectivity index (χ0) is 29.6. The Labute approximate surface area is 242 Å². The van der Waals surface area contributed by atoms with Gasteiger partial charge in [0.1, 0.15) is 11.5 Å². The molecule has 0 unspecified atom stereocenters. The van der Waals surface area contributed by atoms with E-state index in [0.29, 0.717) is 33.7 Å². The first-order valence-electron chi connectivity index (χ1n) is 11.9. The van der Waals surface area contributed by atoms with Gasteiger partial charge in [-0.3, -0.25) is 14.2 Å². The molecular formula is C27H23ClF3N5O4S. The summed E-state index contributed by atoms with van der Waals surface area (Å²) in [6, 6.07) is 16.2. The standard InChI is InChI=1S/C27H23ClF3N5O4S/c1-39-19-8-3-16(4-9-19)25(38)32-14-23-34-35-26(36(23)18-6-10-20(40-2)11-7-18)41-15-24(37)33-22-13-17(27(29,30)31)5-12-21(22)28/h3-13H,14-15H2,1-2H3,(H,32,38)(H,33,37). The molecule has 0 aliphatic rings. The first-order chi connectivity index (χ1) is 19.6. The maximum atomic E-state index is 13.1. The number of carbonyl (C=O) groups excluding carboxylic acids is 2. The molecular weight excluding hydrogens is 583 g/mol. The van der Waals surface area contributed by atoms with Gasteiger partial charge >= 0.3 is 6.18 Å². The number of amides is 2. The Bertz CT molecular complexity index is 1530. The Morgan fingerprint density at radius 1 is 0.951 bits per heavy atom. The minimum absolute atomic E-state index is 0.0104. The molecule has 4 aromatic rings. The number of aromatic nitrogens is 3. The molecule has 3 aromatic carbocycles. The third-order valence-corrected chi connectivity index (χ3v) is 6.95. The summed E-state index contributed by atoms with van der Waals surface area (Å²) in [4.78, 5) is 25.3. The van der Waals surface area contributed by atoms with Gasteiger partial charge in [0.25, 0.3) is 5.91 Å². The van der Waals surface area contributed by atoms with Gasteiger partial charge in [0.05, 0.1) is 42.8 Å². The van der Waals surface area contributed by atoms with Gasteiger partial charge in [-0.2, -0.15) is 13.2 Å². The van der Waals surface area contributed by atoms with E-state index in [1.165, 1.54) is 14.2 Å². The second kappa shape index (κ2) is 13.0. The van der Waals surface area contributed by atoms with Crippen molar-refractivity contribution in [2.45, 2.75) is 17.9 Å². The summed E-state index contributed by atoms with van der Waals surface area (Å²) < 4.78 is 51.2. The molecule has 1 heterocycles. The minimum Gasteiger partial charge on any atom is -0.497 e. The molecule has 0 fully saturated rings. The number of nitrogens with one attached hydrogen (secondary N) is 2. The molecule has 2 N–H and O–H groups in total. The molecule has 0 saturated heterocycles. The number of hydrogen-bond acceptors (Lipinski definition) is 7. The lowest BCUT2D eigenvalue weighted by atomic mass is 10.2. The first kappa shape index (κ1) is 29.7. The van der Waals surface area contributed by atoms with Crippen LogP contribution in [0.1, 0.15) is 21.7 Å². The van der Waals surface area contributed by atoms with E-state index in [1.807, 2.05) is 0 Å². The van der Waals surface area contributed by atoms with Crippen molar-refractivity contribution >= 4 is 40.9 Å². The van der Waals surface area contributed by atoms with Crippen molar-refractivity contribution in [3.05, 3.63) is 88.7 Å². The molecule has 14 heteroatoms. The smallest absolute Gasteiger partial charge is 0.416 e. The highest BCUT2D eigenvalue weighted by atomic mass is 35.5. The number of ether oxygens (including phenoxy) is 2. The number of thioether (sulfide) groups is 1. The number of carbonyl (C=O) groups is 2. The molecule has 2 amide bonds. The first-order valence-corrected chi connectivity index (χ1v) is 13.3. The predicted molar refractivity (Wildman–Crippen MR) is 148 cm³/mol. The Hall–Kier alpha value is -4.23. The Kier molecular flexibility index (Phi) is 9.40. The van der Waals surface area contributed by atoms with E-state index < -0.39 is 17.6 Å². The number of anilines is 1. The van der Waals surface area contributed by atoms with Crippen LogP contribution in [0.4, 0.5) is 18.9 Å². The molecule has 0 spiro atoms. The molecule has 0 aliphatic heterocycles. The van der Waals surface area contributed by atoms with E-state index in [2.05, 4.69) is 20.8 Å². The third-order valence-electron chi connectivity index (χ3n) is 5.69. The average Bonchev–Trinajstić information content (AvgIpc) is 3.38. The summed E-state index contributed by atoms with van der Waals surface area (Å²) >= 11 is 7.00. The van der Waals surface area contributed by atoms with E-state index in [9.17, 15) is 22.8 Å². The number of alkyl halides is 3. The molecule has 1 aromatic heterocycles. The van der Waals surface area contributed by atoms with Crippen LogP contribution in [0, 0.1) is 0 Å². The van der Waals surface area contributed by atoms with Crippen LogP contribution in [-0.2, 0) is 17.5 Å². The van der Waals surface area contributed by atoms with Gasteiger partial charge < -0.3 is 20.1 Å². The van der Waals surface area contributed by atoms with Crippen molar-refractivity contribution in [1.29, 1.82) is 0 Å². The fourth-order valence-corrected chi connectivity index (χ4v) is 4.55. The van der Waals surface area contributed by atoms with E-state index in [0.717, 1.165) is 30.0 Å². The maximum Gasteiger partial charge on any atom is 0.416 e. The van der Waals surface area contributed by atoms with Gasteiger partial charge in [-0.15, -0.1) is 10.2 Å². The average molecular weight is 606 g/mol. The van der Waals surface area contributed by atoms with E-state index in [1.54, 1.807) is 53.1 Å². The van der Waals surface area contributed by atoms with Crippen LogP contribution in [0.2, 0.25) is 5.02 Å². The fourth-order valence-electron chi connectivity index (χ4n) is 3.62. The van der Waals surface area contributed by atoms with Gasteiger partial charge in [0.2, 0.25) is 5.91 Å². The van der Waals surface area contributed by atoms with Crippen molar-refractivity contribution in [2.24, 2.45) is 0 Å². The number of rotatable bonds is 10. The van der Waals surface area contributed by atoms with Crippen LogP contribution in [-0.4, -0.2) is 46.6 Å². The molecule has 0 saturated carbocycles.